The molecule has 0 aliphatic carbocycles. The first kappa shape index (κ1) is 23.0. The number of ether oxygens (including phenoxy) is 1. The number of urea groups is 1. The van der Waals surface area contributed by atoms with E-state index in [-0.39, 0.29) is 17.6 Å². The maximum absolute atomic E-state index is 13.5. The number of carbonyl (C=O) groups is 1. The SMILES string of the molecule is CC(C)(C)OCc1cccc(CNC(=O)NCC2CCN(c3ccc(F)c(F)c3)C2)c1. The molecule has 31 heavy (non-hydrogen) atoms. The predicted molar refractivity (Wildman–Crippen MR) is 118 cm³/mol. The summed E-state index contributed by atoms with van der Waals surface area (Å²) in [6, 6.07) is 11.7. The summed E-state index contributed by atoms with van der Waals surface area (Å²) in [4.78, 5) is 14.2. The number of nitrogens with one attached hydrogen (secondary N) is 2. The number of hydrogen-bond acceptors (Lipinski definition) is 3. The van der Waals surface area contributed by atoms with Gasteiger partial charge in [0.2, 0.25) is 0 Å². The van der Waals surface area contributed by atoms with Crippen LogP contribution in [0.15, 0.2) is 42.5 Å². The molecule has 1 saturated heterocycles. The van der Waals surface area contributed by atoms with Crippen molar-refractivity contribution in [3.63, 3.8) is 0 Å². The van der Waals surface area contributed by atoms with E-state index >= 15 is 0 Å². The molecule has 5 nitrogen and oxygen atoms in total. The zero-order valence-electron chi connectivity index (χ0n) is 18.4. The van der Waals surface area contributed by atoms with Gasteiger partial charge in [0.25, 0.3) is 0 Å². The van der Waals surface area contributed by atoms with Gasteiger partial charge in [0.1, 0.15) is 0 Å². The van der Waals surface area contributed by atoms with Gasteiger partial charge in [-0.05, 0) is 56.4 Å². The molecule has 1 fully saturated rings. The first-order chi connectivity index (χ1) is 14.7. The summed E-state index contributed by atoms with van der Waals surface area (Å²) in [6.07, 6.45) is 0.884. The van der Waals surface area contributed by atoms with Crippen LogP contribution >= 0.6 is 0 Å². The van der Waals surface area contributed by atoms with Crippen molar-refractivity contribution in [1.82, 2.24) is 10.6 Å². The highest BCUT2D eigenvalue weighted by molar-refractivity contribution is 5.73. The Morgan fingerprint density at radius 2 is 1.87 bits per heavy atom. The fourth-order valence-corrected chi connectivity index (χ4v) is 3.53. The summed E-state index contributed by atoms with van der Waals surface area (Å²) in [5.41, 5.74) is 2.55. The molecule has 0 spiro atoms. The molecule has 1 heterocycles. The molecular weight excluding hydrogens is 400 g/mol. The number of nitrogens with zero attached hydrogens (tertiary/aromatic N) is 1. The van der Waals surface area contributed by atoms with Crippen molar-refractivity contribution in [3.05, 3.63) is 65.2 Å². The van der Waals surface area contributed by atoms with Gasteiger partial charge in [-0.2, -0.15) is 0 Å². The normalized spacial score (nSPS) is 16.4. The third-order valence-corrected chi connectivity index (χ3v) is 5.22. The Labute approximate surface area is 182 Å². The summed E-state index contributed by atoms with van der Waals surface area (Å²) in [7, 11) is 0. The van der Waals surface area contributed by atoms with E-state index in [1.165, 1.54) is 6.07 Å². The van der Waals surface area contributed by atoms with Gasteiger partial charge in [-0.1, -0.05) is 24.3 Å². The molecule has 0 radical (unpaired) electrons. The topological polar surface area (TPSA) is 53.6 Å². The minimum atomic E-state index is -0.843. The molecule has 168 valence electrons. The van der Waals surface area contributed by atoms with E-state index in [2.05, 4.69) is 10.6 Å². The second-order valence-electron chi connectivity index (χ2n) is 8.98. The molecule has 2 aromatic rings. The minimum Gasteiger partial charge on any atom is -0.371 e. The van der Waals surface area contributed by atoms with Crippen molar-refractivity contribution in [2.24, 2.45) is 5.92 Å². The van der Waals surface area contributed by atoms with Crippen LogP contribution in [0.2, 0.25) is 0 Å². The lowest BCUT2D eigenvalue weighted by Crippen LogP contribution is -2.38. The predicted octanol–water partition coefficient (Wildman–Crippen LogP) is 4.61. The Bertz CT molecular complexity index is 899. The zero-order valence-corrected chi connectivity index (χ0v) is 18.4. The monoisotopic (exact) mass is 431 g/mol. The highest BCUT2D eigenvalue weighted by atomic mass is 19.2. The third-order valence-electron chi connectivity index (χ3n) is 5.22. The second kappa shape index (κ2) is 10.1. The Morgan fingerprint density at radius 1 is 1.10 bits per heavy atom. The standard InChI is InChI=1S/C24H31F2N3O2/c1-24(2,3)31-16-18-6-4-5-17(11-18)13-27-23(30)28-14-19-9-10-29(15-19)20-7-8-21(25)22(26)12-20/h4-8,11-12,19H,9-10,13-16H2,1-3H3,(H2,27,28,30). The smallest absolute Gasteiger partial charge is 0.315 e. The van der Waals surface area contributed by atoms with Crippen molar-refractivity contribution in [3.8, 4) is 0 Å². The molecule has 0 bridgehead atoms. The van der Waals surface area contributed by atoms with Crippen LogP contribution in [0.25, 0.3) is 0 Å². The maximum Gasteiger partial charge on any atom is 0.315 e. The van der Waals surface area contributed by atoms with Crippen LogP contribution < -0.4 is 15.5 Å². The van der Waals surface area contributed by atoms with Crippen molar-refractivity contribution in [2.75, 3.05) is 24.5 Å². The van der Waals surface area contributed by atoms with Gasteiger partial charge in [0.15, 0.2) is 11.6 Å². The molecule has 2 amide bonds. The minimum absolute atomic E-state index is 0.200. The summed E-state index contributed by atoms with van der Waals surface area (Å²) < 4.78 is 32.4. The van der Waals surface area contributed by atoms with Crippen molar-refractivity contribution in [1.29, 1.82) is 0 Å². The first-order valence-electron chi connectivity index (χ1n) is 10.6. The molecule has 2 N–H and O–H groups in total. The molecule has 7 heteroatoms. The maximum atomic E-state index is 13.5. The van der Waals surface area contributed by atoms with Gasteiger partial charge in [-0.15, -0.1) is 0 Å². The molecule has 2 aromatic carbocycles. The van der Waals surface area contributed by atoms with Crippen LogP contribution in [0.4, 0.5) is 19.3 Å². The number of hydrogen-bond donors (Lipinski definition) is 2. The van der Waals surface area contributed by atoms with Gasteiger partial charge in [0, 0.05) is 37.9 Å². The van der Waals surface area contributed by atoms with E-state index < -0.39 is 11.6 Å². The molecule has 0 saturated carbocycles. The van der Waals surface area contributed by atoms with Gasteiger partial charge in [-0.25, -0.2) is 13.6 Å². The van der Waals surface area contributed by atoms with Crippen LogP contribution in [0.5, 0.6) is 0 Å². The van der Waals surface area contributed by atoms with E-state index in [1.54, 1.807) is 6.07 Å². The van der Waals surface area contributed by atoms with Crippen molar-refractivity contribution >= 4 is 11.7 Å². The number of carbonyl (C=O) groups excluding carboxylic acids is 1. The van der Waals surface area contributed by atoms with E-state index in [0.29, 0.717) is 31.9 Å². The quantitative estimate of drug-likeness (QED) is 0.673. The number of anilines is 1. The Morgan fingerprint density at radius 3 is 2.61 bits per heavy atom. The third kappa shape index (κ3) is 7.21. The van der Waals surface area contributed by atoms with E-state index in [9.17, 15) is 13.6 Å². The van der Waals surface area contributed by atoms with Gasteiger partial charge >= 0.3 is 6.03 Å². The van der Waals surface area contributed by atoms with Crippen LogP contribution in [0, 0.1) is 17.6 Å². The highest BCUT2D eigenvalue weighted by Crippen LogP contribution is 2.25. The Kier molecular flexibility index (Phi) is 7.49. The Balaban J connectivity index is 1.40. The molecule has 1 atom stereocenters. The molecule has 3 rings (SSSR count). The van der Waals surface area contributed by atoms with Crippen LogP contribution in [-0.2, 0) is 17.9 Å². The van der Waals surface area contributed by atoms with Gasteiger partial charge in [-0.3, -0.25) is 0 Å². The van der Waals surface area contributed by atoms with Crippen LogP contribution in [0.1, 0.15) is 38.3 Å². The molecule has 1 unspecified atom stereocenters. The Hall–Kier alpha value is -2.67. The molecule has 0 aromatic heterocycles. The van der Waals surface area contributed by atoms with Crippen LogP contribution in [0.3, 0.4) is 0 Å². The van der Waals surface area contributed by atoms with Gasteiger partial charge < -0.3 is 20.3 Å². The molecular formula is C24H31F2N3O2. The summed E-state index contributed by atoms with van der Waals surface area (Å²) >= 11 is 0. The second-order valence-corrected chi connectivity index (χ2v) is 8.98. The average Bonchev–Trinajstić information content (AvgIpc) is 3.20. The fraction of sp³-hybridized carbons (Fsp3) is 0.458. The first-order valence-corrected chi connectivity index (χ1v) is 10.6. The fourth-order valence-electron chi connectivity index (χ4n) is 3.53. The highest BCUT2D eigenvalue weighted by Gasteiger charge is 2.23. The molecule has 1 aliphatic heterocycles. The van der Waals surface area contributed by atoms with Crippen molar-refractivity contribution in [2.45, 2.75) is 45.9 Å². The summed E-state index contributed by atoms with van der Waals surface area (Å²) in [6.45, 7) is 8.99. The summed E-state index contributed by atoms with van der Waals surface area (Å²) in [5, 5.41) is 5.79. The molecule has 1 aliphatic rings. The number of benzene rings is 2. The lowest BCUT2D eigenvalue weighted by atomic mass is 10.1. The average molecular weight is 432 g/mol. The zero-order chi connectivity index (χ0) is 22.4. The number of rotatable bonds is 7. The van der Waals surface area contributed by atoms with Crippen molar-refractivity contribution < 1.29 is 18.3 Å². The lowest BCUT2D eigenvalue weighted by Gasteiger charge is -2.20. The van der Waals surface area contributed by atoms with Crippen LogP contribution in [-0.4, -0.2) is 31.3 Å². The van der Waals surface area contributed by atoms with E-state index in [1.807, 2.05) is 49.9 Å². The van der Waals surface area contributed by atoms with E-state index in [4.69, 9.17) is 4.74 Å². The number of amides is 2. The summed E-state index contributed by atoms with van der Waals surface area (Å²) in [5.74, 6) is -1.42. The largest absolute Gasteiger partial charge is 0.371 e. The lowest BCUT2D eigenvalue weighted by molar-refractivity contribution is -0.0149. The van der Waals surface area contributed by atoms with E-state index in [0.717, 1.165) is 30.2 Å². The number of halogens is 2. The van der Waals surface area contributed by atoms with Gasteiger partial charge in [0.05, 0.1) is 12.2 Å².